The van der Waals surface area contributed by atoms with E-state index in [1.807, 2.05) is 0 Å². The van der Waals surface area contributed by atoms with E-state index in [1.165, 1.54) is 12.8 Å². The van der Waals surface area contributed by atoms with Crippen molar-refractivity contribution in [3.8, 4) is 0 Å². The molecule has 1 rings (SSSR count). The summed E-state index contributed by atoms with van der Waals surface area (Å²) < 4.78 is 0. The number of hydrogen-bond donors (Lipinski definition) is 2. The van der Waals surface area contributed by atoms with E-state index < -0.39 is 0 Å². The Morgan fingerprint density at radius 2 is 2.00 bits per heavy atom. The van der Waals surface area contributed by atoms with Gasteiger partial charge in [0.1, 0.15) is 0 Å². The van der Waals surface area contributed by atoms with Crippen LogP contribution in [0.5, 0.6) is 0 Å². The molecular formula is C15H32N2O. The van der Waals surface area contributed by atoms with Crippen molar-refractivity contribution in [2.24, 2.45) is 17.8 Å². The van der Waals surface area contributed by atoms with Crippen LogP contribution in [0.15, 0.2) is 0 Å². The summed E-state index contributed by atoms with van der Waals surface area (Å²) in [5.74, 6) is 2.31. The normalized spacial score (nSPS) is 34.8. The average Bonchev–Trinajstić information content (AvgIpc) is 2.32. The molecule has 0 saturated heterocycles. The zero-order chi connectivity index (χ0) is 13.7. The molecule has 0 bridgehead atoms. The molecule has 0 spiro atoms. The zero-order valence-corrected chi connectivity index (χ0v) is 12.8. The number of hydrogen-bond acceptors (Lipinski definition) is 3. The Bertz CT molecular complexity index is 235. The summed E-state index contributed by atoms with van der Waals surface area (Å²) in [6.45, 7) is 11.5. The lowest BCUT2D eigenvalue weighted by molar-refractivity contribution is 0.0802. The molecule has 1 aliphatic rings. The third kappa shape index (κ3) is 4.22. The van der Waals surface area contributed by atoms with Gasteiger partial charge < -0.3 is 15.3 Å². The molecule has 2 N–H and O–H groups in total. The van der Waals surface area contributed by atoms with E-state index in [0.717, 1.165) is 24.9 Å². The maximum Gasteiger partial charge on any atom is 0.0584 e. The van der Waals surface area contributed by atoms with Crippen LogP contribution >= 0.6 is 0 Å². The molecule has 18 heavy (non-hydrogen) atoms. The second kappa shape index (κ2) is 7.46. The van der Waals surface area contributed by atoms with Crippen LogP contribution in [0.25, 0.3) is 0 Å². The van der Waals surface area contributed by atoms with Gasteiger partial charge in [-0.3, -0.25) is 0 Å². The highest BCUT2D eigenvalue weighted by Crippen LogP contribution is 2.34. The van der Waals surface area contributed by atoms with Crippen molar-refractivity contribution in [2.75, 3.05) is 26.7 Å². The Morgan fingerprint density at radius 1 is 1.33 bits per heavy atom. The molecule has 1 aliphatic carbocycles. The molecule has 0 amide bonds. The van der Waals surface area contributed by atoms with E-state index >= 15 is 0 Å². The van der Waals surface area contributed by atoms with Crippen molar-refractivity contribution in [3.63, 3.8) is 0 Å². The molecular weight excluding hydrogens is 224 g/mol. The van der Waals surface area contributed by atoms with Crippen molar-refractivity contribution >= 4 is 0 Å². The molecule has 5 unspecified atom stereocenters. The lowest BCUT2D eigenvalue weighted by atomic mass is 9.72. The minimum atomic E-state index is 0.250. The first-order valence-corrected chi connectivity index (χ1v) is 7.54. The van der Waals surface area contributed by atoms with Crippen LogP contribution in [0.4, 0.5) is 0 Å². The minimum Gasteiger partial charge on any atom is -0.395 e. The summed E-state index contributed by atoms with van der Waals surface area (Å²) in [6, 6.07) is 0.904. The Hall–Kier alpha value is -0.120. The Balaban J connectivity index is 2.63. The van der Waals surface area contributed by atoms with Crippen LogP contribution in [0.2, 0.25) is 0 Å². The summed E-state index contributed by atoms with van der Waals surface area (Å²) in [5, 5.41) is 12.9. The van der Waals surface area contributed by atoms with Gasteiger partial charge in [-0.2, -0.15) is 0 Å². The highest BCUT2D eigenvalue weighted by molar-refractivity contribution is 4.89. The Morgan fingerprint density at radius 3 is 2.56 bits per heavy atom. The quantitative estimate of drug-likeness (QED) is 0.762. The first-order chi connectivity index (χ1) is 8.49. The summed E-state index contributed by atoms with van der Waals surface area (Å²) in [7, 11) is 2.13. The first-order valence-electron chi connectivity index (χ1n) is 7.54. The van der Waals surface area contributed by atoms with E-state index in [4.69, 9.17) is 0 Å². The van der Waals surface area contributed by atoms with Crippen molar-refractivity contribution in [1.82, 2.24) is 10.2 Å². The summed E-state index contributed by atoms with van der Waals surface area (Å²) >= 11 is 0. The van der Waals surface area contributed by atoms with Gasteiger partial charge in [0, 0.05) is 18.6 Å². The fraction of sp³-hybridized carbons (Fsp3) is 1.00. The van der Waals surface area contributed by atoms with Crippen LogP contribution in [-0.2, 0) is 0 Å². The Labute approximate surface area is 113 Å². The predicted molar refractivity (Wildman–Crippen MR) is 77.7 cm³/mol. The number of aliphatic hydroxyl groups excluding tert-OH is 1. The van der Waals surface area contributed by atoms with E-state index in [2.05, 4.69) is 45.0 Å². The number of aliphatic hydroxyl groups is 1. The lowest BCUT2D eigenvalue weighted by Crippen LogP contribution is -2.50. The van der Waals surface area contributed by atoms with Gasteiger partial charge in [-0.15, -0.1) is 0 Å². The molecule has 0 aromatic carbocycles. The zero-order valence-electron chi connectivity index (χ0n) is 12.8. The molecule has 3 heteroatoms. The highest BCUT2D eigenvalue weighted by Gasteiger charge is 2.34. The third-order valence-corrected chi connectivity index (χ3v) is 4.66. The van der Waals surface area contributed by atoms with Gasteiger partial charge in [0.15, 0.2) is 0 Å². The average molecular weight is 256 g/mol. The van der Waals surface area contributed by atoms with E-state index in [9.17, 15) is 5.11 Å². The molecule has 1 saturated carbocycles. The SMILES string of the molecule is CCNC1CC(C)CC(C)C1CN(C)C(C)CO. The number of nitrogens with zero attached hydrogens (tertiary/aromatic N) is 1. The number of likely N-dealkylation sites (N-methyl/N-ethyl adjacent to an activating group) is 1. The monoisotopic (exact) mass is 256 g/mol. The van der Waals surface area contributed by atoms with Gasteiger partial charge in [0.05, 0.1) is 6.61 Å². The summed E-state index contributed by atoms with van der Waals surface area (Å²) in [6.07, 6.45) is 2.64. The standard InChI is InChI=1S/C15H32N2O/c1-6-16-15-8-11(2)7-12(3)14(15)9-17(5)13(4)10-18/h11-16,18H,6-10H2,1-5H3. The molecule has 1 fully saturated rings. The van der Waals surface area contributed by atoms with E-state index in [-0.39, 0.29) is 12.6 Å². The lowest BCUT2D eigenvalue weighted by Gasteiger charge is -2.42. The maximum absolute atomic E-state index is 9.25. The fourth-order valence-electron chi connectivity index (χ4n) is 3.37. The molecule has 0 radical (unpaired) electrons. The molecule has 0 aliphatic heterocycles. The fourth-order valence-corrected chi connectivity index (χ4v) is 3.37. The van der Waals surface area contributed by atoms with Gasteiger partial charge >= 0.3 is 0 Å². The molecule has 0 aromatic heterocycles. The summed E-state index contributed by atoms with van der Waals surface area (Å²) in [4.78, 5) is 2.31. The smallest absolute Gasteiger partial charge is 0.0584 e. The summed E-state index contributed by atoms with van der Waals surface area (Å²) in [5.41, 5.74) is 0. The number of nitrogens with one attached hydrogen (secondary N) is 1. The molecule has 5 atom stereocenters. The molecule has 108 valence electrons. The predicted octanol–water partition coefficient (Wildman–Crippen LogP) is 1.96. The molecule has 3 nitrogen and oxygen atoms in total. The van der Waals surface area contributed by atoms with Gasteiger partial charge in [-0.05, 0) is 51.1 Å². The van der Waals surface area contributed by atoms with Gasteiger partial charge in [0.2, 0.25) is 0 Å². The van der Waals surface area contributed by atoms with Gasteiger partial charge in [-0.25, -0.2) is 0 Å². The first kappa shape index (κ1) is 15.9. The highest BCUT2D eigenvalue weighted by atomic mass is 16.3. The minimum absolute atomic E-state index is 0.250. The molecule has 0 heterocycles. The second-order valence-electron chi connectivity index (χ2n) is 6.35. The van der Waals surface area contributed by atoms with Crippen LogP contribution in [0.3, 0.4) is 0 Å². The van der Waals surface area contributed by atoms with Crippen molar-refractivity contribution < 1.29 is 5.11 Å². The second-order valence-corrected chi connectivity index (χ2v) is 6.35. The van der Waals surface area contributed by atoms with Crippen molar-refractivity contribution in [2.45, 2.75) is 52.6 Å². The van der Waals surface area contributed by atoms with Crippen LogP contribution < -0.4 is 5.32 Å². The van der Waals surface area contributed by atoms with Crippen LogP contribution in [0, 0.1) is 17.8 Å². The topological polar surface area (TPSA) is 35.5 Å². The van der Waals surface area contributed by atoms with Gasteiger partial charge in [0.25, 0.3) is 0 Å². The Kier molecular flexibility index (Phi) is 6.61. The van der Waals surface area contributed by atoms with Gasteiger partial charge in [-0.1, -0.05) is 20.8 Å². The third-order valence-electron chi connectivity index (χ3n) is 4.66. The van der Waals surface area contributed by atoms with Crippen LogP contribution in [0.1, 0.15) is 40.5 Å². The number of rotatable bonds is 6. The molecule has 0 aromatic rings. The van der Waals surface area contributed by atoms with E-state index in [0.29, 0.717) is 12.0 Å². The van der Waals surface area contributed by atoms with Crippen LogP contribution in [-0.4, -0.2) is 48.8 Å². The van der Waals surface area contributed by atoms with Crippen molar-refractivity contribution in [3.05, 3.63) is 0 Å². The van der Waals surface area contributed by atoms with E-state index in [1.54, 1.807) is 0 Å². The maximum atomic E-state index is 9.25. The largest absolute Gasteiger partial charge is 0.395 e. The van der Waals surface area contributed by atoms with Crippen molar-refractivity contribution in [1.29, 1.82) is 0 Å².